The van der Waals surface area contributed by atoms with Gasteiger partial charge in [0.2, 0.25) is 0 Å². The fourth-order valence-electron chi connectivity index (χ4n) is 4.89. The maximum absolute atomic E-state index is 11.8. The molecule has 202 valence electrons. The third-order valence-electron chi connectivity index (χ3n) is 8.31. The Balaban J connectivity index is 2.18. The summed E-state index contributed by atoms with van der Waals surface area (Å²) in [6.45, 7) is 24.2. The van der Waals surface area contributed by atoms with E-state index in [2.05, 4.69) is 90.2 Å². The molecule has 3 rings (SSSR count). The molecule has 0 fully saturated rings. The Morgan fingerprint density at radius 3 is 2.19 bits per heavy atom. The predicted molar refractivity (Wildman–Crippen MR) is 163 cm³/mol. The van der Waals surface area contributed by atoms with Gasteiger partial charge < -0.3 is 9.53 Å². The smallest absolute Gasteiger partial charge is 0.192 e. The number of aliphatic hydroxyl groups is 1. The molecule has 1 aromatic heterocycles. The van der Waals surface area contributed by atoms with Gasteiger partial charge in [0.25, 0.3) is 0 Å². The van der Waals surface area contributed by atoms with Crippen molar-refractivity contribution < 1.29 is 9.53 Å². The van der Waals surface area contributed by atoms with Crippen molar-refractivity contribution in [2.24, 2.45) is 5.41 Å². The summed E-state index contributed by atoms with van der Waals surface area (Å²) < 4.78 is 8.16. The molecule has 0 amide bonds. The van der Waals surface area contributed by atoms with Gasteiger partial charge in [-0.15, -0.1) is 0 Å². The van der Waals surface area contributed by atoms with Crippen LogP contribution in [0.4, 0.5) is 0 Å². The third-order valence-corrected chi connectivity index (χ3v) is 14.0. The number of benzene rings is 1. The zero-order valence-electron chi connectivity index (χ0n) is 24.6. The number of hydrogen-bond acceptors (Lipinski definition) is 4. The summed E-state index contributed by atoms with van der Waals surface area (Å²) in [5, 5.41) is 21.4. The third kappa shape index (κ3) is 6.16. The average Bonchev–Trinajstić information content (AvgIpc) is 2.76. The summed E-state index contributed by atoms with van der Waals surface area (Å²) in [4.78, 5) is 5.26. The number of aliphatic hydroxyl groups excluding tert-OH is 1. The van der Waals surface area contributed by atoms with Crippen LogP contribution in [-0.4, -0.2) is 18.4 Å². The van der Waals surface area contributed by atoms with Crippen LogP contribution in [0.3, 0.4) is 0 Å². The molecule has 2 atom stereocenters. The van der Waals surface area contributed by atoms with E-state index in [4.69, 9.17) is 9.41 Å². The van der Waals surface area contributed by atoms with Crippen LogP contribution >= 0.6 is 22.6 Å². The van der Waals surface area contributed by atoms with Crippen molar-refractivity contribution in [2.75, 3.05) is 0 Å². The Morgan fingerprint density at radius 1 is 1.14 bits per heavy atom. The molecule has 0 aliphatic heterocycles. The van der Waals surface area contributed by atoms with Crippen LogP contribution in [0.15, 0.2) is 24.3 Å². The molecule has 0 unspecified atom stereocenters. The highest BCUT2D eigenvalue weighted by Crippen LogP contribution is 2.50. The molecule has 1 heterocycles. The summed E-state index contributed by atoms with van der Waals surface area (Å²) in [6.07, 6.45) is 1.01. The van der Waals surface area contributed by atoms with Crippen molar-refractivity contribution in [3.8, 4) is 6.07 Å². The van der Waals surface area contributed by atoms with Gasteiger partial charge in [-0.1, -0.05) is 72.7 Å². The average molecular weight is 633 g/mol. The Morgan fingerprint density at radius 2 is 1.70 bits per heavy atom. The summed E-state index contributed by atoms with van der Waals surface area (Å²) in [5.41, 5.74) is 5.42. The van der Waals surface area contributed by atoms with E-state index in [-0.39, 0.29) is 22.5 Å². The second-order valence-electron chi connectivity index (χ2n) is 13.9. The SMILES string of the molecule is CC(C)c1nc2c(c(I)c1[C@@H](O)c1ccc(C(C)(C)C#N)cc1)[C@@H](O[Si](C)(C)C(C)(C)C)CC(C)(C)C2. The van der Waals surface area contributed by atoms with Crippen LogP contribution in [0.25, 0.3) is 0 Å². The zero-order valence-corrected chi connectivity index (χ0v) is 27.7. The van der Waals surface area contributed by atoms with Gasteiger partial charge in [-0.05, 0) is 89.9 Å². The Bertz CT molecular complexity index is 1190. The minimum Gasteiger partial charge on any atom is -0.410 e. The van der Waals surface area contributed by atoms with Crippen LogP contribution in [0.2, 0.25) is 18.1 Å². The van der Waals surface area contributed by atoms with Crippen LogP contribution in [0.1, 0.15) is 121 Å². The largest absolute Gasteiger partial charge is 0.410 e. The van der Waals surface area contributed by atoms with Crippen LogP contribution in [-0.2, 0) is 16.3 Å². The van der Waals surface area contributed by atoms with Gasteiger partial charge in [-0.2, -0.15) is 5.26 Å². The lowest BCUT2D eigenvalue weighted by Gasteiger charge is -2.44. The number of hydrogen-bond donors (Lipinski definition) is 1. The quantitative estimate of drug-likeness (QED) is 0.256. The predicted octanol–water partition coefficient (Wildman–Crippen LogP) is 8.73. The van der Waals surface area contributed by atoms with E-state index in [0.29, 0.717) is 0 Å². The highest BCUT2D eigenvalue weighted by atomic mass is 127. The molecule has 1 aromatic carbocycles. The van der Waals surface area contributed by atoms with Gasteiger partial charge in [0.05, 0.1) is 23.3 Å². The zero-order chi connectivity index (χ0) is 28.1. The topological polar surface area (TPSA) is 66.1 Å². The molecule has 0 saturated heterocycles. The summed E-state index contributed by atoms with van der Waals surface area (Å²) in [5.74, 6) is 0.171. The number of pyridine rings is 1. The van der Waals surface area contributed by atoms with E-state index in [9.17, 15) is 10.4 Å². The number of nitriles is 1. The monoisotopic (exact) mass is 632 g/mol. The number of nitrogens with zero attached hydrogens (tertiary/aromatic N) is 2. The molecular weight excluding hydrogens is 587 g/mol. The number of fused-ring (bicyclic) bond motifs is 1. The molecule has 6 heteroatoms. The maximum atomic E-state index is 11.8. The van der Waals surface area contributed by atoms with E-state index in [0.717, 1.165) is 44.5 Å². The Labute approximate surface area is 239 Å². The van der Waals surface area contributed by atoms with E-state index in [1.54, 1.807) is 0 Å². The molecular formula is C31H45IN2O2Si. The second-order valence-corrected chi connectivity index (χ2v) is 19.7. The Kier molecular flexibility index (Phi) is 8.48. The first kappa shape index (κ1) is 30.3. The van der Waals surface area contributed by atoms with Gasteiger partial charge in [-0.3, -0.25) is 4.98 Å². The molecule has 1 N–H and O–H groups in total. The van der Waals surface area contributed by atoms with Gasteiger partial charge in [0, 0.05) is 20.4 Å². The molecule has 4 nitrogen and oxygen atoms in total. The van der Waals surface area contributed by atoms with E-state index in [1.165, 1.54) is 5.56 Å². The van der Waals surface area contributed by atoms with E-state index >= 15 is 0 Å². The lowest BCUT2D eigenvalue weighted by atomic mass is 9.74. The minimum absolute atomic E-state index is 0.0370. The molecule has 0 bridgehead atoms. The van der Waals surface area contributed by atoms with Crippen molar-refractivity contribution in [3.05, 3.63) is 61.5 Å². The molecule has 0 saturated carbocycles. The van der Waals surface area contributed by atoms with Crippen molar-refractivity contribution in [1.82, 2.24) is 4.98 Å². The molecule has 0 radical (unpaired) electrons. The normalized spacial score (nSPS) is 18.9. The fourth-order valence-corrected chi connectivity index (χ4v) is 7.38. The van der Waals surface area contributed by atoms with Gasteiger partial charge >= 0.3 is 0 Å². The van der Waals surface area contributed by atoms with Crippen molar-refractivity contribution in [2.45, 2.75) is 117 Å². The lowest BCUT2D eigenvalue weighted by Crippen LogP contribution is -2.44. The fraction of sp³-hybridized carbons (Fsp3) is 0.613. The van der Waals surface area contributed by atoms with E-state index in [1.807, 2.05) is 38.1 Å². The Hall–Kier alpha value is -1.27. The summed E-state index contributed by atoms with van der Waals surface area (Å²) >= 11 is 2.44. The number of rotatable bonds is 6. The molecule has 37 heavy (non-hydrogen) atoms. The first-order valence-electron chi connectivity index (χ1n) is 13.4. The first-order chi connectivity index (χ1) is 16.8. The first-order valence-corrected chi connectivity index (χ1v) is 17.4. The van der Waals surface area contributed by atoms with Gasteiger partial charge in [-0.25, -0.2) is 0 Å². The molecule has 2 aromatic rings. The van der Waals surface area contributed by atoms with Crippen LogP contribution < -0.4 is 0 Å². The number of halogens is 1. The minimum atomic E-state index is -2.04. The molecule has 0 spiro atoms. The highest BCUT2D eigenvalue weighted by molar-refractivity contribution is 14.1. The van der Waals surface area contributed by atoms with Crippen molar-refractivity contribution >= 4 is 30.9 Å². The van der Waals surface area contributed by atoms with Crippen LogP contribution in [0, 0.1) is 20.3 Å². The number of aromatic nitrogens is 1. The second kappa shape index (κ2) is 10.4. The van der Waals surface area contributed by atoms with E-state index < -0.39 is 19.8 Å². The summed E-state index contributed by atoms with van der Waals surface area (Å²) in [7, 11) is -2.04. The van der Waals surface area contributed by atoms with Crippen LogP contribution in [0.5, 0.6) is 0 Å². The van der Waals surface area contributed by atoms with Crippen molar-refractivity contribution in [1.29, 1.82) is 5.26 Å². The van der Waals surface area contributed by atoms with Gasteiger partial charge in [0.15, 0.2) is 8.32 Å². The molecule has 1 aliphatic carbocycles. The molecule has 1 aliphatic rings. The highest BCUT2D eigenvalue weighted by Gasteiger charge is 2.44. The summed E-state index contributed by atoms with van der Waals surface area (Å²) in [6, 6.07) is 10.2. The standard InChI is InChI=1S/C31H45IN2O2Si/c1-19(2)27-25(28(35)20-12-14-21(15-13-20)31(8,9)18-33)26(32)24-22(34-27)16-30(6,7)17-23(24)36-37(10,11)29(3,4)5/h12-15,19,23,28,35H,16-17H2,1-11H3/t23-,28-/m0/s1. The van der Waals surface area contributed by atoms with Crippen molar-refractivity contribution in [3.63, 3.8) is 0 Å². The van der Waals surface area contributed by atoms with Gasteiger partial charge in [0.1, 0.15) is 6.10 Å². The lowest BCUT2D eigenvalue weighted by molar-refractivity contribution is 0.104. The maximum Gasteiger partial charge on any atom is 0.192 e.